The van der Waals surface area contributed by atoms with E-state index >= 15 is 0 Å². The molecule has 4 atom stereocenters. The lowest BCUT2D eigenvalue weighted by atomic mass is 9.94. The van der Waals surface area contributed by atoms with Gasteiger partial charge in [-0.25, -0.2) is 0 Å². The fourth-order valence-corrected chi connectivity index (χ4v) is 5.96. The van der Waals surface area contributed by atoms with Crippen molar-refractivity contribution in [1.29, 1.82) is 0 Å². The summed E-state index contributed by atoms with van der Waals surface area (Å²) in [5, 5.41) is 16.1. The maximum atomic E-state index is 13.7. The Bertz CT molecular complexity index is 1670. The van der Waals surface area contributed by atoms with Crippen LogP contribution < -0.4 is 22.1 Å². The number of hydrogen-bond acceptors (Lipinski definition) is 6. The lowest BCUT2D eigenvalue weighted by molar-refractivity contribution is -0.138. The third kappa shape index (κ3) is 8.10. The number of para-hydroxylation sites is 1. The number of benzene rings is 3. The number of aromatic amines is 1. The van der Waals surface area contributed by atoms with Crippen molar-refractivity contribution in [3.63, 3.8) is 0 Å². The zero-order valence-corrected chi connectivity index (χ0v) is 25.5. The number of H-pyrrole nitrogens is 1. The van der Waals surface area contributed by atoms with Crippen molar-refractivity contribution < 1.29 is 24.3 Å². The first-order valence-electron chi connectivity index (χ1n) is 15.5. The molecule has 3 aromatic carbocycles. The monoisotopic (exact) mass is 624 g/mol. The van der Waals surface area contributed by atoms with Crippen molar-refractivity contribution in [3.05, 3.63) is 102 Å². The third-order valence-electron chi connectivity index (χ3n) is 8.49. The molecular formula is C35H40N6O5. The molecule has 11 heteroatoms. The molecule has 11 nitrogen and oxygen atoms in total. The van der Waals surface area contributed by atoms with Crippen LogP contribution in [0.3, 0.4) is 0 Å². The van der Waals surface area contributed by atoms with E-state index in [-0.39, 0.29) is 37.0 Å². The Morgan fingerprint density at radius 2 is 1.57 bits per heavy atom. The van der Waals surface area contributed by atoms with Crippen molar-refractivity contribution in [1.82, 2.24) is 20.5 Å². The topological polar surface area (TPSA) is 184 Å². The Kier molecular flexibility index (Phi) is 10.3. The fraction of sp³-hybridized carbons (Fsp3) is 0.314. The largest absolute Gasteiger partial charge is 0.508 e. The van der Waals surface area contributed by atoms with E-state index < -0.39 is 35.9 Å². The highest BCUT2D eigenvalue weighted by molar-refractivity contribution is 5.93. The number of piperidine rings is 1. The molecule has 240 valence electrons. The quantitative estimate of drug-likeness (QED) is 0.140. The molecule has 4 amide bonds. The summed E-state index contributed by atoms with van der Waals surface area (Å²) >= 11 is 0. The summed E-state index contributed by atoms with van der Waals surface area (Å²) in [6, 6.07) is 20.6. The molecule has 1 aliphatic rings. The number of phenolic OH excluding ortho intramolecular Hbond substituents is 1. The van der Waals surface area contributed by atoms with Crippen molar-refractivity contribution in [2.24, 2.45) is 17.4 Å². The predicted molar refractivity (Wildman–Crippen MR) is 174 cm³/mol. The van der Waals surface area contributed by atoms with Crippen LogP contribution in [0, 0.1) is 5.92 Å². The lowest BCUT2D eigenvalue weighted by Crippen LogP contribution is -2.56. The van der Waals surface area contributed by atoms with Gasteiger partial charge < -0.3 is 37.1 Å². The highest BCUT2D eigenvalue weighted by Crippen LogP contribution is 2.22. The average molecular weight is 625 g/mol. The van der Waals surface area contributed by atoms with Gasteiger partial charge in [-0.15, -0.1) is 0 Å². The van der Waals surface area contributed by atoms with Crippen molar-refractivity contribution >= 4 is 34.5 Å². The fourth-order valence-electron chi connectivity index (χ4n) is 5.96. The molecule has 0 saturated carbocycles. The van der Waals surface area contributed by atoms with Crippen LogP contribution in [-0.4, -0.2) is 69.8 Å². The highest BCUT2D eigenvalue weighted by atomic mass is 16.3. The van der Waals surface area contributed by atoms with Crippen LogP contribution in [0.15, 0.2) is 85.1 Å². The van der Waals surface area contributed by atoms with Crippen LogP contribution in [0.2, 0.25) is 0 Å². The van der Waals surface area contributed by atoms with Crippen molar-refractivity contribution in [2.45, 2.75) is 50.2 Å². The zero-order valence-electron chi connectivity index (χ0n) is 25.5. The van der Waals surface area contributed by atoms with Gasteiger partial charge in [-0.2, -0.15) is 0 Å². The number of nitrogens with zero attached hydrogens (tertiary/aromatic N) is 1. The Morgan fingerprint density at radius 1 is 0.870 bits per heavy atom. The number of carbonyl (C=O) groups is 4. The number of amides is 4. The van der Waals surface area contributed by atoms with E-state index in [1.807, 2.05) is 60.8 Å². The minimum atomic E-state index is -1.01. The number of likely N-dealkylation sites (tertiary alicyclic amines) is 1. The van der Waals surface area contributed by atoms with Crippen LogP contribution in [0.5, 0.6) is 5.75 Å². The second kappa shape index (κ2) is 14.7. The molecule has 0 bridgehead atoms. The number of hydrogen-bond donors (Lipinski definition) is 6. The van der Waals surface area contributed by atoms with Gasteiger partial charge in [0, 0.05) is 43.0 Å². The molecule has 1 fully saturated rings. The van der Waals surface area contributed by atoms with E-state index in [0.717, 1.165) is 27.6 Å². The van der Waals surface area contributed by atoms with E-state index in [4.69, 9.17) is 11.5 Å². The molecule has 8 N–H and O–H groups in total. The lowest BCUT2D eigenvalue weighted by Gasteiger charge is -2.34. The van der Waals surface area contributed by atoms with E-state index in [2.05, 4.69) is 15.6 Å². The number of phenols is 1. The molecule has 0 spiro atoms. The van der Waals surface area contributed by atoms with Crippen LogP contribution in [0.4, 0.5) is 0 Å². The minimum Gasteiger partial charge on any atom is -0.508 e. The van der Waals surface area contributed by atoms with Gasteiger partial charge in [0.25, 0.3) is 0 Å². The maximum absolute atomic E-state index is 13.7. The standard InChI is InChI=1S/C35H40N6O5/c36-28(17-23-12-14-26(42)15-13-23)35(46)41-16-6-9-24(21-41)33(44)40-31(19-25-20-38-29-11-5-4-10-27(25)29)34(45)39-30(32(37)43)18-22-7-2-1-3-8-22/h1-5,7-8,10-15,20,24,28,30-31,38,42H,6,9,16-19,21,36H2,(H2,37,43)(H,39,45)(H,40,44)/t24-,28+,30+,31+/m1/s1. The van der Waals surface area contributed by atoms with Crippen LogP contribution in [0.1, 0.15) is 29.5 Å². The van der Waals surface area contributed by atoms with Gasteiger partial charge in [-0.1, -0.05) is 60.7 Å². The minimum absolute atomic E-state index is 0.131. The molecule has 0 radical (unpaired) electrons. The third-order valence-corrected chi connectivity index (χ3v) is 8.49. The molecule has 0 aliphatic carbocycles. The second-order valence-electron chi connectivity index (χ2n) is 11.9. The van der Waals surface area contributed by atoms with Crippen molar-refractivity contribution in [3.8, 4) is 5.75 Å². The zero-order chi connectivity index (χ0) is 32.6. The number of aromatic hydroxyl groups is 1. The first-order chi connectivity index (χ1) is 22.2. The summed E-state index contributed by atoms with van der Waals surface area (Å²) in [5.41, 5.74) is 15.3. The van der Waals surface area contributed by atoms with E-state index in [1.54, 1.807) is 29.2 Å². The molecule has 2 heterocycles. The van der Waals surface area contributed by atoms with E-state index in [0.29, 0.717) is 25.8 Å². The van der Waals surface area contributed by atoms with Crippen molar-refractivity contribution in [2.75, 3.05) is 13.1 Å². The first-order valence-corrected chi connectivity index (χ1v) is 15.5. The van der Waals surface area contributed by atoms with Gasteiger partial charge in [0.1, 0.15) is 17.8 Å². The number of primary amides is 1. The summed E-state index contributed by atoms with van der Waals surface area (Å²) in [4.78, 5) is 57.9. The van der Waals surface area contributed by atoms with Gasteiger partial charge in [0.05, 0.1) is 12.0 Å². The highest BCUT2D eigenvalue weighted by Gasteiger charge is 2.34. The molecule has 4 aromatic rings. The van der Waals surface area contributed by atoms with Gasteiger partial charge >= 0.3 is 0 Å². The van der Waals surface area contributed by atoms with Gasteiger partial charge in [0.2, 0.25) is 23.6 Å². The van der Waals surface area contributed by atoms with Crippen LogP contribution in [0.25, 0.3) is 10.9 Å². The number of aromatic nitrogens is 1. The summed E-state index contributed by atoms with van der Waals surface area (Å²) < 4.78 is 0. The van der Waals surface area contributed by atoms with Gasteiger partial charge in [-0.3, -0.25) is 19.2 Å². The smallest absolute Gasteiger partial charge is 0.243 e. The normalized spacial score (nSPS) is 16.7. The van der Waals surface area contributed by atoms with Gasteiger partial charge in [-0.05, 0) is 54.2 Å². The summed E-state index contributed by atoms with van der Waals surface area (Å²) in [6.45, 7) is 0.651. The number of fused-ring (bicyclic) bond motifs is 1. The Labute approximate surface area is 267 Å². The SMILES string of the molecule is NC(=O)[C@H](Cc1ccccc1)NC(=O)[C@H](Cc1c[nH]c2ccccc12)NC(=O)[C@@H]1CCCN(C(=O)[C@@H](N)Cc2ccc(O)cc2)C1. The number of carbonyl (C=O) groups excluding carboxylic acids is 4. The van der Waals surface area contributed by atoms with E-state index in [9.17, 15) is 24.3 Å². The summed E-state index contributed by atoms with van der Waals surface area (Å²) in [5.74, 6) is -2.25. The van der Waals surface area contributed by atoms with E-state index in [1.165, 1.54) is 0 Å². The maximum Gasteiger partial charge on any atom is 0.243 e. The Balaban J connectivity index is 1.29. The van der Waals surface area contributed by atoms with Crippen LogP contribution in [-0.2, 0) is 38.4 Å². The Morgan fingerprint density at radius 3 is 2.30 bits per heavy atom. The molecule has 1 aliphatic heterocycles. The van der Waals surface area contributed by atoms with Crippen LogP contribution >= 0.6 is 0 Å². The molecule has 46 heavy (non-hydrogen) atoms. The molecule has 0 unspecified atom stereocenters. The molecule has 1 aromatic heterocycles. The Hall–Kier alpha value is -5.16. The number of nitrogens with two attached hydrogens (primary N) is 2. The second-order valence-corrected chi connectivity index (χ2v) is 11.9. The molecular weight excluding hydrogens is 584 g/mol. The predicted octanol–water partition coefficient (Wildman–Crippen LogP) is 1.92. The summed E-state index contributed by atoms with van der Waals surface area (Å²) in [6.07, 6.45) is 3.63. The summed E-state index contributed by atoms with van der Waals surface area (Å²) in [7, 11) is 0. The number of rotatable bonds is 12. The molecule has 1 saturated heterocycles. The first kappa shape index (κ1) is 32.2. The number of nitrogens with one attached hydrogen (secondary N) is 3. The average Bonchev–Trinajstić information content (AvgIpc) is 3.47. The van der Waals surface area contributed by atoms with Gasteiger partial charge in [0.15, 0.2) is 0 Å². The molecule has 5 rings (SSSR count).